The first-order valence-corrected chi connectivity index (χ1v) is 27.0. The molecule has 0 amide bonds. The number of allylic oxidation sites excluding steroid dienone is 2. The molecule has 9 rings (SSSR count). The summed E-state index contributed by atoms with van der Waals surface area (Å²) in [6.45, 7) is 17.7. The first kappa shape index (κ1) is 57.1. The molecule has 0 aromatic carbocycles. The molecule has 0 radical (unpaired) electrons. The lowest BCUT2D eigenvalue weighted by Gasteiger charge is -2.71. The van der Waals surface area contributed by atoms with Crippen molar-refractivity contribution in [2.24, 2.45) is 50.2 Å². The van der Waals surface area contributed by atoms with Gasteiger partial charge in [-0.2, -0.15) is 0 Å². The molecular weight excluding hydrogens is 973 g/mol. The van der Waals surface area contributed by atoms with E-state index in [1.54, 1.807) is 0 Å². The number of carboxylic acids is 1. The van der Waals surface area contributed by atoms with Crippen LogP contribution in [-0.4, -0.2) is 209 Å². The zero-order chi connectivity index (χ0) is 54.2. The van der Waals surface area contributed by atoms with Gasteiger partial charge in [-0.05, 0) is 116 Å². The van der Waals surface area contributed by atoms with Crippen LogP contribution in [0.15, 0.2) is 11.6 Å². The van der Waals surface area contributed by atoms with Gasteiger partial charge < -0.3 is 99.2 Å². The molecule has 0 unspecified atom stereocenters. The van der Waals surface area contributed by atoms with Gasteiger partial charge in [0.1, 0.15) is 84.8 Å². The van der Waals surface area contributed by atoms with Crippen molar-refractivity contribution >= 4 is 5.97 Å². The quantitative estimate of drug-likeness (QED) is 0.103. The summed E-state index contributed by atoms with van der Waals surface area (Å²) in [5, 5.41) is 132. The number of aliphatic carboxylic acids is 1. The number of hydrogen-bond donors (Lipinski definition) is 12. The van der Waals surface area contributed by atoms with Gasteiger partial charge in [-0.25, -0.2) is 0 Å². The maximum atomic E-state index is 13.2. The first-order chi connectivity index (χ1) is 34.4. The second-order valence-corrected chi connectivity index (χ2v) is 25.9. The molecule has 4 saturated heterocycles. The minimum absolute atomic E-state index is 0.0668. The van der Waals surface area contributed by atoms with E-state index >= 15 is 0 Å². The van der Waals surface area contributed by atoms with E-state index in [1.807, 2.05) is 0 Å². The van der Waals surface area contributed by atoms with Crippen LogP contribution in [0.1, 0.15) is 120 Å². The monoisotopic (exact) mass is 1060 g/mol. The van der Waals surface area contributed by atoms with Gasteiger partial charge in [0, 0.05) is 0 Å². The standard InChI is InChI=1S/C53H86O21/c1-22-32(56)35(59)38(62)44(69-22)74-42-33(57)23(2)70-46(40(42)64)73-41-27(21-68-43-37(61)34(58)26(54)20-67-43)71-45(39(63)36(41)60)72-31-13-14-50(7)28(49(31,5)6)12-15-51(8)29(50)11-10-24-25-18-48(3,4)16-17-53(25,47(65)66)30(55)19-52(24,51)9/h10,22-23,25-46,54-64H,11-21H2,1-9H3,(H,65,66)/t22-,23-,25-,26-,27+,28-,29+,30+,31-,32-,33-,34-,35+,36-,37-,38+,39+,40+,41+,42+,43+,44-,45+,46-,50-,51+,52+,53+/m0/s1. The second kappa shape index (κ2) is 20.2. The molecular formula is C53H86O21. The topological polar surface area (TPSA) is 334 Å². The third-order valence-corrected chi connectivity index (χ3v) is 21.0. The van der Waals surface area contributed by atoms with E-state index in [0.717, 1.165) is 32.1 Å². The Balaban J connectivity index is 0.943. The van der Waals surface area contributed by atoms with Gasteiger partial charge in [0.2, 0.25) is 0 Å². The molecule has 9 aliphatic rings. The van der Waals surface area contributed by atoms with Crippen molar-refractivity contribution < 1.29 is 104 Å². The molecule has 28 atom stereocenters. The number of rotatable bonds is 10. The summed E-state index contributed by atoms with van der Waals surface area (Å²) >= 11 is 0. The minimum Gasteiger partial charge on any atom is -0.481 e. The number of carboxylic acid groups (broad SMARTS) is 1. The number of ether oxygens (including phenoxy) is 8. The summed E-state index contributed by atoms with van der Waals surface area (Å²) in [6.07, 6.45) is -22.7. The molecule has 0 aromatic heterocycles. The minimum atomic E-state index is -1.86. The van der Waals surface area contributed by atoms with Gasteiger partial charge in [-0.15, -0.1) is 0 Å². The van der Waals surface area contributed by atoms with Crippen molar-refractivity contribution in [3.63, 3.8) is 0 Å². The van der Waals surface area contributed by atoms with Crippen LogP contribution in [0.25, 0.3) is 0 Å². The van der Waals surface area contributed by atoms with Crippen molar-refractivity contribution in [2.75, 3.05) is 13.2 Å². The lowest BCUT2D eigenvalue weighted by molar-refractivity contribution is -0.384. The first-order valence-electron chi connectivity index (χ1n) is 27.0. The van der Waals surface area contributed by atoms with E-state index in [4.69, 9.17) is 37.9 Å². The highest BCUT2D eigenvalue weighted by Crippen LogP contribution is 2.76. The van der Waals surface area contributed by atoms with Crippen LogP contribution in [0.3, 0.4) is 0 Å². The second-order valence-electron chi connectivity index (χ2n) is 25.9. The Kier molecular flexibility index (Phi) is 15.6. The largest absolute Gasteiger partial charge is 0.481 e. The smallest absolute Gasteiger partial charge is 0.312 e. The van der Waals surface area contributed by atoms with Crippen LogP contribution in [0, 0.1) is 50.2 Å². The lowest BCUT2D eigenvalue weighted by atomic mass is 9.33. The average Bonchev–Trinajstić information content (AvgIpc) is 3.32. The summed E-state index contributed by atoms with van der Waals surface area (Å²) in [7, 11) is 0. The Labute approximate surface area is 433 Å². The van der Waals surface area contributed by atoms with Crippen molar-refractivity contribution in [3.8, 4) is 0 Å². The highest BCUT2D eigenvalue weighted by Gasteiger charge is 2.72. The molecule has 424 valence electrons. The summed E-state index contributed by atoms with van der Waals surface area (Å²) in [4.78, 5) is 13.2. The van der Waals surface area contributed by atoms with Crippen LogP contribution in [0.5, 0.6) is 0 Å². The zero-order valence-electron chi connectivity index (χ0n) is 44.3. The SMILES string of the molecule is C[C@@H]1O[C@@H](O[C@@H]2[C@@H](O)[C@H](C)O[C@@H](O[C@H]3[C@@H](O)[C@@H](O)[C@@H](O[C@H]4CC[C@]5(C)[C@H]6CC=C7[C@@H]8CC(C)(C)CC[C@]8(C(=O)O)[C@H](O)C[C@@]7(C)[C@]6(C)CC[C@H]5C4(C)C)O[C@@H]3CO[C@H]3OC[C@H](O)[C@H](O)[C@@H]3O)[C@@H]2O)[C@H](O)[C@H](O)[C@H]1O. The lowest BCUT2D eigenvalue weighted by Crippen LogP contribution is -2.68. The molecule has 21 nitrogen and oxygen atoms in total. The van der Waals surface area contributed by atoms with E-state index in [9.17, 15) is 66.1 Å². The van der Waals surface area contributed by atoms with Gasteiger partial charge in [-0.3, -0.25) is 4.79 Å². The highest BCUT2D eigenvalue weighted by atomic mass is 16.8. The van der Waals surface area contributed by atoms with Crippen LogP contribution >= 0.6 is 0 Å². The number of aliphatic hydroxyl groups is 11. The predicted molar refractivity (Wildman–Crippen MR) is 256 cm³/mol. The Bertz CT molecular complexity index is 2060. The van der Waals surface area contributed by atoms with Gasteiger partial charge in [-0.1, -0.05) is 60.1 Å². The summed E-state index contributed by atoms with van der Waals surface area (Å²) in [5.74, 6) is -0.885. The third-order valence-electron chi connectivity index (χ3n) is 21.0. The van der Waals surface area contributed by atoms with Crippen molar-refractivity contribution in [3.05, 3.63) is 11.6 Å². The summed E-state index contributed by atoms with van der Waals surface area (Å²) in [5.41, 5.74) is -1.53. The third kappa shape index (κ3) is 9.08. The highest BCUT2D eigenvalue weighted by molar-refractivity contribution is 5.77. The van der Waals surface area contributed by atoms with Crippen LogP contribution < -0.4 is 0 Å². The molecule has 21 heteroatoms. The molecule has 5 aliphatic carbocycles. The van der Waals surface area contributed by atoms with Crippen molar-refractivity contribution in [1.82, 2.24) is 0 Å². The van der Waals surface area contributed by atoms with Gasteiger partial charge >= 0.3 is 5.97 Å². The Hall–Kier alpha value is -1.55. The molecule has 0 aromatic rings. The molecule has 0 spiro atoms. The Morgan fingerprint density at radius 2 is 1.23 bits per heavy atom. The van der Waals surface area contributed by atoms with Crippen molar-refractivity contribution in [2.45, 2.75) is 249 Å². The maximum absolute atomic E-state index is 13.2. The fourth-order valence-corrected chi connectivity index (χ4v) is 16.3. The van der Waals surface area contributed by atoms with E-state index < -0.39 is 158 Å². The van der Waals surface area contributed by atoms with Gasteiger partial charge in [0.15, 0.2) is 25.2 Å². The Morgan fingerprint density at radius 3 is 1.91 bits per heavy atom. The van der Waals surface area contributed by atoms with Crippen LogP contribution in [0.2, 0.25) is 0 Å². The fourth-order valence-electron chi connectivity index (χ4n) is 16.3. The fraction of sp³-hybridized carbons (Fsp3) is 0.943. The molecule has 74 heavy (non-hydrogen) atoms. The Morgan fingerprint density at radius 1 is 0.622 bits per heavy atom. The van der Waals surface area contributed by atoms with Crippen LogP contribution in [0.4, 0.5) is 0 Å². The molecule has 4 heterocycles. The summed E-state index contributed by atoms with van der Waals surface area (Å²) in [6, 6.07) is 0. The molecule has 0 bridgehead atoms. The van der Waals surface area contributed by atoms with E-state index in [1.165, 1.54) is 19.4 Å². The molecule has 4 saturated carbocycles. The van der Waals surface area contributed by atoms with Crippen molar-refractivity contribution in [1.29, 1.82) is 0 Å². The number of aliphatic hydroxyl groups excluding tert-OH is 11. The van der Waals surface area contributed by atoms with E-state index in [2.05, 4.69) is 54.5 Å². The molecule has 8 fully saturated rings. The number of fused-ring (bicyclic) bond motifs is 7. The number of carbonyl (C=O) groups is 1. The van der Waals surface area contributed by atoms with Gasteiger partial charge in [0.05, 0.1) is 37.6 Å². The van der Waals surface area contributed by atoms with Crippen LogP contribution in [-0.2, 0) is 42.7 Å². The van der Waals surface area contributed by atoms with E-state index in [0.29, 0.717) is 25.7 Å². The predicted octanol–water partition coefficient (Wildman–Crippen LogP) is 0.196. The zero-order valence-corrected chi connectivity index (χ0v) is 44.3. The number of hydrogen-bond acceptors (Lipinski definition) is 20. The molecule has 12 N–H and O–H groups in total. The van der Waals surface area contributed by atoms with Gasteiger partial charge in [0.25, 0.3) is 0 Å². The molecule has 4 aliphatic heterocycles. The maximum Gasteiger partial charge on any atom is 0.312 e. The summed E-state index contributed by atoms with van der Waals surface area (Å²) < 4.78 is 48.2. The normalized spacial score (nSPS) is 55.2. The average molecular weight is 1060 g/mol. The van der Waals surface area contributed by atoms with E-state index in [-0.39, 0.29) is 40.6 Å².